The molecule has 19 heavy (non-hydrogen) atoms. The molecular formula is C14H14BrNO2S. The van der Waals surface area contributed by atoms with Crippen molar-refractivity contribution < 1.29 is 8.42 Å². The van der Waals surface area contributed by atoms with Crippen LogP contribution in [0.1, 0.15) is 18.5 Å². The van der Waals surface area contributed by atoms with Crippen LogP contribution >= 0.6 is 15.9 Å². The van der Waals surface area contributed by atoms with E-state index in [0.717, 1.165) is 10.0 Å². The number of halogens is 1. The molecule has 1 atom stereocenters. The molecule has 0 unspecified atom stereocenters. The number of rotatable bonds is 4. The van der Waals surface area contributed by atoms with Gasteiger partial charge in [0.15, 0.2) is 0 Å². The van der Waals surface area contributed by atoms with Crippen molar-refractivity contribution in [2.45, 2.75) is 17.9 Å². The minimum Gasteiger partial charge on any atom is -0.207 e. The highest BCUT2D eigenvalue weighted by atomic mass is 79.9. The maximum atomic E-state index is 12.2. The molecule has 1 N–H and O–H groups in total. The van der Waals surface area contributed by atoms with Crippen LogP contribution in [-0.2, 0) is 10.0 Å². The molecule has 0 bridgehead atoms. The van der Waals surface area contributed by atoms with Crippen LogP contribution in [-0.4, -0.2) is 8.42 Å². The molecule has 0 saturated carbocycles. The normalized spacial score (nSPS) is 13.2. The van der Waals surface area contributed by atoms with Crippen molar-refractivity contribution in [2.75, 3.05) is 0 Å². The summed E-state index contributed by atoms with van der Waals surface area (Å²) in [6.07, 6.45) is 0. The fourth-order valence-electron chi connectivity index (χ4n) is 1.72. The number of hydrogen-bond acceptors (Lipinski definition) is 2. The third-order valence-electron chi connectivity index (χ3n) is 2.76. The summed E-state index contributed by atoms with van der Waals surface area (Å²) in [7, 11) is -3.48. The second kappa shape index (κ2) is 5.86. The van der Waals surface area contributed by atoms with Crippen molar-refractivity contribution in [3.63, 3.8) is 0 Å². The fraction of sp³-hybridized carbons (Fsp3) is 0.143. The fourth-order valence-corrected chi connectivity index (χ4v) is 3.24. The Morgan fingerprint density at radius 3 is 2.16 bits per heavy atom. The van der Waals surface area contributed by atoms with E-state index in [2.05, 4.69) is 20.7 Å². The summed E-state index contributed by atoms with van der Waals surface area (Å²) < 4.78 is 28.0. The summed E-state index contributed by atoms with van der Waals surface area (Å²) in [5.74, 6) is 0. The van der Waals surface area contributed by atoms with Crippen LogP contribution in [0.2, 0.25) is 0 Å². The van der Waals surface area contributed by atoms with Crippen molar-refractivity contribution in [2.24, 2.45) is 0 Å². The zero-order valence-corrected chi connectivity index (χ0v) is 12.8. The molecule has 0 aliphatic carbocycles. The summed E-state index contributed by atoms with van der Waals surface area (Å²) in [6.45, 7) is 1.82. The number of hydrogen-bond donors (Lipinski definition) is 1. The molecule has 3 nitrogen and oxygen atoms in total. The molecule has 0 fully saturated rings. The molecule has 0 radical (unpaired) electrons. The Bertz CT molecular complexity index is 639. The van der Waals surface area contributed by atoms with Gasteiger partial charge in [-0.15, -0.1) is 0 Å². The zero-order chi connectivity index (χ0) is 13.9. The zero-order valence-electron chi connectivity index (χ0n) is 10.4. The highest BCUT2D eigenvalue weighted by molar-refractivity contribution is 9.10. The summed E-state index contributed by atoms with van der Waals surface area (Å²) in [5, 5.41) is 0. The molecule has 0 heterocycles. The molecule has 2 rings (SSSR count). The van der Waals surface area contributed by atoms with Gasteiger partial charge in [0.25, 0.3) is 0 Å². The Morgan fingerprint density at radius 2 is 1.58 bits per heavy atom. The lowest BCUT2D eigenvalue weighted by Crippen LogP contribution is -2.26. The van der Waals surface area contributed by atoms with E-state index in [4.69, 9.17) is 0 Å². The van der Waals surface area contributed by atoms with Gasteiger partial charge in [0, 0.05) is 10.5 Å². The van der Waals surface area contributed by atoms with Crippen LogP contribution in [0.15, 0.2) is 64.0 Å². The van der Waals surface area contributed by atoms with Gasteiger partial charge in [-0.3, -0.25) is 0 Å². The van der Waals surface area contributed by atoms with Crippen molar-refractivity contribution >= 4 is 26.0 Å². The molecular weight excluding hydrogens is 326 g/mol. The molecule has 0 amide bonds. The molecule has 0 aliphatic heterocycles. The second-order valence-electron chi connectivity index (χ2n) is 4.21. The first-order valence-corrected chi connectivity index (χ1v) is 8.09. The smallest absolute Gasteiger partial charge is 0.207 e. The van der Waals surface area contributed by atoms with Crippen molar-refractivity contribution in [3.05, 3.63) is 64.6 Å². The first kappa shape index (κ1) is 14.2. The molecule has 2 aromatic rings. The Hall–Kier alpha value is -1.17. The van der Waals surface area contributed by atoms with Gasteiger partial charge in [0.1, 0.15) is 0 Å². The van der Waals surface area contributed by atoms with Gasteiger partial charge in [0.05, 0.1) is 4.90 Å². The van der Waals surface area contributed by atoms with E-state index in [1.807, 2.05) is 31.2 Å². The van der Waals surface area contributed by atoms with Crippen molar-refractivity contribution in [1.29, 1.82) is 0 Å². The lowest BCUT2D eigenvalue weighted by Gasteiger charge is -2.14. The highest BCUT2D eigenvalue weighted by Crippen LogP contribution is 2.19. The van der Waals surface area contributed by atoms with Gasteiger partial charge in [-0.2, -0.15) is 0 Å². The third-order valence-corrected chi connectivity index (χ3v) is 4.84. The molecule has 0 aliphatic rings. The maximum Gasteiger partial charge on any atom is 0.241 e. The molecule has 0 spiro atoms. The number of nitrogens with one attached hydrogen (secondary N) is 1. The first-order valence-electron chi connectivity index (χ1n) is 5.82. The minimum atomic E-state index is -3.48. The van der Waals surface area contributed by atoms with Crippen molar-refractivity contribution in [1.82, 2.24) is 4.72 Å². The number of benzene rings is 2. The lowest BCUT2D eigenvalue weighted by atomic mass is 10.1. The topological polar surface area (TPSA) is 46.2 Å². The quantitative estimate of drug-likeness (QED) is 0.926. The molecule has 2 aromatic carbocycles. The molecule has 0 aromatic heterocycles. The van der Waals surface area contributed by atoms with Gasteiger partial charge >= 0.3 is 0 Å². The van der Waals surface area contributed by atoms with Crippen LogP contribution < -0.4 is 4.72 Å². The average Bonchev–Trinajstić information content (AvgIpc) is 2.40. The summed E-state index contributed by atoms with van der Waals surface area (Å²) in [5.41, 5.74) is 0.919. The second-order valence-corrected chi connectivity index (χ2v) is 6.84. The monoisotopic (exact) mass is 339 g/mol. The SMILES string of the molecule is C[C@@H](NS(=O)(=O)c1ccccc1)c1ccc(Br)cc1. The Kier molecular flexibility index (Phi) is 4.39. The molecule has 100 valence electrons. The van der Waals surface area contributed by atoms with E-state index in [1.165, 1.54) is 0 Å². The van der Waals surface area contributed by atoms with E-state index < -0.39 is 10.0 Å². The first-order chi connectivity index (χ1) is 8.99. The Balaban J connectivity index is 2.19. The lowest BCUT2D eigenvalue weighted by molar-refractivity contribution is 0.567. The van der Waals surface area contributed by atoms with Gasteiger partial charge in [0.2, 0.25) is 10.0 Å². The van der Waals surface area contributed by atoms with Crippen LogP contribution in [0, 0.1) is 0 Å². The number of sulfonamides is 1. The van der Waals surface area contributed by atoms with Gasteiger partial charge in [-0.05, 0) is 36.8 Å². The molecule has 0 saturated heterocycles. The third kappa shape index (κ3) is 3.65. The van der Waals surface area contributed by atoms with Crippen molar-refractivity contribution in [3.8, 4) is 0 Å². The predicted octanol–water partition coefficient (Wildman–Crippen LogP) is 3.49. The van der Waals surface area contributed by atoms with E-state index in [9.17, 15) is 8.42 Å². The minimum absolute atomic E-state index is 0.277. The van der Waals surface area contributed by atoms with Gasteiger partial charge < -0.3 is 0 Å². The van der Waals surface area contributed by atoms with E-state index >= 15 is 0 Å². The van der Waals surface area contributed by atoms with Crippen LogP contribution in [0.25, 0.3) is 0 Å². The summed E-state index contributed by atoms with van der Waals surface area (Å²) >= 11 is 3.35. The standard InChI is InChI=1S/C14H14BrNO2S/c1-11(12-7-9-13(15)10-8-12)16-19(17,18)14-5-3-2-4-6-14/h2-11,16H,1H3/t11-/m1/s1. The van der Waals surface area contributed by atoms with E-state index in [0.29, 0.717) is 0 Å². The summed E-state index contributed by atoms with van der Waals surface area (Å²) in [6, 6.07) is 15.6. The van der Waals surface area contributed by atoms with E-state index in [1.54, 1.807) is 30.3 Å². The van der Waals surface area contributed by atoms with E-state index in [-0.39, 0.29) is 10.9 Å². The Labute approximate surface area is 121 Å². The largest absolute Gasteiger partial charge is 0.241 e. The average molecular weight is 340 g/mol. The van der Waals surface area contributed by atoms with Crippen LogP contribution in [0.5, 0.6) is 0 Å². The van der Waals surface area contributed by atoms with Gasteiger partial charge in [-0.1, -0.05) is 46.3 Å². The molecule has 5 heteroatoms. The van der Waals surface area contributed by atoms with Crippen LogP contribution in [0.3, 0.4) is 0 Å². The maximum absolute atomic E-state index is 12.2. The highest BCUT2D eigenvalue weighted by Gasteiger charge is 2.17. The Morgan fingerprint density at radius 1 is 1.00 bits per heavy atom. The summed E-state index contributed by atoms with van der Waals surface area (Å²) in [4.78, 5) is 0.277. The predicted molar refractivity (Wildman–Crippen MR) is 79.3 cm³/mol. The van der Waals surface area contributed by atoms with Crippen LogP contribution in [0.4, 0.5) is 0 Å². The van der Waals surface area contributed by atoms with Gasteiger partial charge in [-0.25, -0.2) is 13.1 Å².